The van der Waals surface area contributed by atoms with Gasteiger partial charge >= 0.3 is 0 Å². The van der Waals surface area contributed by atoms with Gasteiger partial charge in [0, 0.05) is 12.6 Å². The molecule has 0 aliphatic carbocycles. The number of hydrogen-bond donors (Lipinski definition) is 3. The Morgan fingerprint density at radius 2 is 2.25 bits per heavy atom. The van der Waals surface area contributed by atoms with Gasteiger partial charge in [-0.05, 0) is 0 Å². The number of nitrogens with two attached hydrogens (primary N) is 2. The molecule has 0 rings (SSSR count). The predicted octanol–water partition coefficient (Wildman–Crippen LogP) is -1.51. The van der Waals surface area contributed by atoms with E-state index in [4.69, 9.17) is 16.0 Å². The zero-order chi connectivity index (χ0) is 6.57. The summed E-state index contributed by atoms with van der Waals surface area (Å²) in [4.78, 5) is 0. The number of hydrogen-bond acceptors (Lipinski definition) is 3. The zero-order valence-electron chi connectivity index (χ0n) is 4.41. The predicted molar refractivity (Wildman–Crippen MR) is 32.7 cm³/mol. The summed E-state index contributed by atoms with van der Waals surface area (Å²) in [5.41, 5.74) is 10.2. The molecule has 0 saturated heterocycles. The highest BCUT2D eigenvalue weighted by Gasteiger charge is 2.01. The zero-order valence-corrected chi connectivity index (χ0v) is 5.23. The molecule has 0 aromatic carbocycles. The van der Waals surface area contributed by atoms with E-state index in [1.54, 1.807) is 0 Å². The Morgan fingerprint density at radius 3 is 2.38 bits per heavy atom. The van der Waals surface area contributed by atoms with Gasteiger partial charge in [-0.2, -0.15) is 0 Å². The lowest BCUT2D eigenvalue weighted by molar-refractivity contribution is 0.556. The molecule has 0 amide bonds. The number of rotatable bonds is 3. The minimum Gasteiger partial charge on any atom is -0.329 e. The topological polar surface area (TPSA) is 89.3 Å². The first-order chi connectivity index (χ1) is 3.66. The molecule has 0 saturated carbocycles. The summed E-state index contributed by atoms with van der Waals surface area (Å²) in [7, 11) is 0. The van der Waals surface area contributed by atoms with Gasteiger partial charge in [0.1, 0.15) is 0 Å². The first-order valence-electron chi connectivity index (χ1n) is 2.20. The molecular formula is C3H10N2O2S. The summed E-state index contributed by atoms with van der Waals surface area (Å²) in [5, 5.41) is 0. The fourth-order valence-electron chi connectivity index (χ4n) is 0.251. The molecule has 0 fully saturated rings. The molecule has 0 aromatic heterocycles. The van der Waals surface area contributed by atoms with Crippen molar-refractivity contribution in [3.8, 4) is 0 Å². The summed E-state index contributed by atoms with van der Waals surface area (Å²) in [5.74, 6) is 0.0660. The SMILES string of the molecule is NCC(N)CS(=O)O. The molecule has 0 radical (unpaired) electrons. The monoisotopic (exact) mass is 138 g/mol. The second kappa shape index (κ2) is 3.96. The Morgan fingerprint density at radius 1 is 1.75 bits per heavy atom. The van der Waals surface area contributed by atoms with Crippen LogP contribution in [-0.2, 0) is 11.1 Å². The van der Waals surface area contributed by atoms with Crippen molar-refractivity contribution in [2.75, 3.05) is 12.3 Å². The van der Waals surface area contributed by atoms with E-state index in [9.17, 15) is 4.21 Å². The Kier molecular flexibility index (Phi) is 3.98. The minimum absolute atomic E-state index is 0.0660. The fraction of sp³-hybridized carbons (Fsp3) is 1.00. The van der Waals surface area contributed by atoms with E-state index < -0.39 is 11.1 Å². The summed E-state index contributed by atoms with van der Waals surface area (Å²) in [6, 6.07) is -0.346. The van der Waals surface area contributed by atoms with Gasteiger partial charge in [0.2, 0.25) is 0 Å². The van der Waals surface area contributed by atoms with E-state index in [-0.39, 0.29) is 18.3 Å². The largest absolute Gasteiger partial charge is 0.329 e. The van der Waals surface area contributed by atoms with Crippen molar-refractivity contribution in [2.45, 2.75) is 6.04 Å². The molecule has 0 aliphatic rings. The van der Waals surface area contributed by atoms with E-state index in [1.807, 2.05) is 0 Å². The highest BCUT2D eigenvalue weighted by molar-refractivity contribution is 7.79. The van der Waals surface area contributed by atoms with Gasteiger partial charge < -0.3 is 16.0 Å². The van der Waals surface area contributed by atoms with E-state index in [2.05, 4.69) is 0 Å². The lowest BCUT2D eigenvalue weighted by atomic mass is 10.4. The standard InChI is InChI=1S/C3H10N2O2S/c4-1-3(5)2-8(6)7/h3H,1-2,4-5H2,(H,6,7). The van der Waals surface area contributed by atoms with Crippen LogP contribution in [0.2, 0.25) is 0 Å². The van der Waals surface area contributed by atoms with Crippen LogP contribution in [0.1, 0.15) is 0 Å². The summed E-state index contributed by atoms with van der Waals surface area (Å²) < 4.78 is 18.1. The lowest BCUT2D eigenvalue weighted by Gasteiger charge is -2.02. The molecule has 0 aromatic rings. The third-order valence-electron chi connectivity index (χ3n) is 0.659. The maximum atomic E-state index is 9.94. The van der Waals surface area contributed by atoms with Crippen LogP contribution in [0.3, 0.4) is 0 Å². The van der Waals surface area contributed by atoms with Crippen LogP contribution >= 0.6 is 0 Å². The molecule has 5 heteroatoms. The van der Waals surface area contributed by atoms with E-state index in [0.29, 0.717) is 0 Å². The molecule has 2 unspecified atom stereocenters. The Labute approximate surface area is 50.5 Å². The van der Waals surface area contributed by atoms with Crippen LogP contribution < -0.4 is 11.5 Å². The normalized spacial score (nSPS) is 17.9. The first kappa shape index (κ1) is 8.03. The van der Waals surface area contributed by atoms with Gasteiger partial charge in [0.15, 0.2) is 11.1 Å². The quantitative estimate of drug-likeness (QED) is 0.414. The van der Waals surface area contributed by atoms with Crippen molar-refractivity contribution in [2.24, 2.45) is 11.5 Å². The molecule has 2 atom stereocenters. The van der Waals surface area contributed by atoms with Crippen LogP contribution in [0.15, 0.2) is 0 Å². The van der Waals surface area contributed by atoms with Crippen LogP contribution in [0.5, 0.6) is 0 Å². The van der Waals surface area contributed by atoms with Gasteiger partial charge in [-0.25, -0.2) is 4.21 Å². The van der Waals surface area contributed by atoms with Crippen LogP contribution in [0.25, 0.3) is 0 Å². The molecular weight excluding hydrogens is 128 g/mol. The van der Waals surface area contributed by atoms with Gasteiger partial charge in [-0.3, -0.25) is 0 Å². The van der Waals surface area contributed by atoms with E-state index in [0.717, 1.165) is 0 Å². The van der Waals surface area contributed by atoms with Crippen LogP contribution in [-0.4, -0.2) is 27.1 Å². The highest BCUT2D eigenvalue weighted by Crippen LogP contribution is 1.77. The first-order valence-corrected chi connectivity index (χ1v) is 3.47. The molecule has 5 N–H and O–H groups in total. The summed E-state index contributed by atoms with van der Waals surface area (Å²) in [6.45, 7) is 0.256. The van der Waals surface area contributed by atoms with Crippen LogP contribution in [0, 0.1) is 0 Å². The van der Waals surface area contributed by atoms with Gasteiger partial charge in [0.25, 0.3) is 0 Å². The van der Waals surface area contributed by atoms with Crippen molar-refractivity contribution in [1.29, 1.82) is 0 Å². The third kappa shape index (κ3) is 4.20. The maximum absolute atomic E-state index is 9.94. The lowest BCUT2D eigenvalue weighted by Crippen LogP contribution is -2.34. The van der Waals surface area contributed by atoms with Gasteiger partial charge in [0.05, 0.1) is 5.75 Å². The van der Waals surface area contributed by atoms with Crippen molar-refractivity contribution >= 4 is 11.1 Å². The molecule has 4 nitrogen and oxygen atoms in total. The van der Waals surface area contributed by atoms with Crippen molar-refractivity contribution in [3.63, 3.8) is 0 Å². The van der Waals surface area contributed by atoms with Crippen molar-refractivity contribution in [3.05, 3.63) is 0 Å². The van der Waals surface area contributed by atoms with Gasteiger partial charge in [-0.1, -0.05) is 0 Å². The Bertz CT molecular complexity index is 87.4. The second-order valence-electron chi connectivity index (χ2n) is 1.48. The molecule has 8 heavy (non-hydrogen) atoms. The van der Waals surface area contributed by atoms with E-state index in [1.165, 1.54) is 0 Å². The molecule has 50 valence electrons. The average molecular weight is 138 g/mol. The molecule has 0 spiro atoms. The third-order valence-corrected chi connectivity index (χ3v) is 1.37. The van der Waals surface area contributed by atoms with Crippen molar-refractivity contribution in [1.82, 2.24) is 0 Å². The molecule has 0 bridgehead atoms. The van der Waals surface area contributed by atoms with Crippen LogP contribution in [0.4, 0.5) is 0 Å². The molecule has 0 aliphatic heterocycles. The summed E-state index contributed by atoms with van der Waals surface area (Å²) >= 11 is -1.80. The molecule has 0 heterocycles. The second-order valence-corrected chi connectivity index (χ2v) is 2.46. The van der Waals surface area contributed by atoms with E-state index >= 15 is 0 Å². The Hall–Kier alpha value is 0.0300. The average Bonchev–Trinajstić information content (AvgIpc) is 1.65. The van der Waals surface area contributed by atoms with Crippen molar-refractivity contribution < 1.29 is 8.76 Å². The van der Waals surface area contributed by atoms with Gasteiger partial charge in [-0.15, -0.1) is 0 Å². The summed E-state index contributed by atoms with van der Waals surface area (Å²) in [6.07, 6.45) is 0. The Balaban J connectivity index is 3.24. The highest BCUT2D eigenvalue weighted by atomic mass is 32.2. The maximum Gasteiger partial charge on any atom is 0.154 e. The fourth-order valence-corrected chi connectivity index (χ4v) is 0.754. The minimum atomic E-state index is -1.80. The smallest absolute Gasteiger partial charge is 0.154 e.